The lowest BCUT2D eigenvalue weighted by atomic mass is 10.1. The molecular formula is C26H31ClF2N5O6P. The zero-order valence-electron chi connectivity index (χ0n) is 22.4. The summed E-state index contributed by atoms with van der Waals surface area (Å²) in [6.07, 6.45) is -1.73. The molecule has 0 aliphatic carbocycles. The van der Waals surface area contributed by atoms with Crippen LogP contribution in [-0.4, -0.2) is 66.8 Å². The van der Waals surface area contributed by atoms with Crippen molar-refractivity contribution in [2.45, 2.75) is 39.0 Å². The standard InChI is InChI=1S/C26H31ClF2N5O6P/c1-3-39-41(38,40-4-2)17-8-9-18(24(30)25(31)36)20(11-17)32-13-22(35)34-14-16(28)10-21(34)26(37)33-12-15-6-5-7-19(27)23(15)29/h5-9,11,16,21,30,32H,3-4,10,12-14H2,1-2H3,(H2,31,36)(H,33,37)/t16-,21+/m1/s1. The van der Waals surface area contributed by atoms with E-state index in [0.717, 1.165) is 4.90 Å². The summed E-state index contributed by atoms with van der Waals surface area (Å²) in [4.78, 5) is 38.8. The van der Waals surface area contributed by atoms with Gasteiger partial charge in [-0.2, -0.15) is 0 Å². The lowest BCUT2D eigenvalue weighted by molar-refractivity contribution is -0.137. The van der Waals surface area contributed by atoms with Crippen LogP contribution in [0.1, 0.15) is 31.4 Å². The highest BCUT2D eigenvalue weighted by atomic mass is 35.5. The smallest absolute Gasteiger partial charge is 0.361 e. The minimum Gasteiger partial charge on any atom is -0.376 e. The van der Waals surface area contributed by atoms with Gasteiger partial charge in [0.15, 0.2) is 0 Å². The zero-order chi connectivity index (χ0) is 30.3. The summed E-state index contributed by atoms with van der Waals surface area (Å²) < 4.78 is 52.5. The van der Waals surface area contributed by atoms with Crippen molar-refractivity contribution in [3.63, 3.8) is 0 Å². The van der Waals surface area contributed by atoms with Crippen LogP contribution in [-0.2, 0) is 34.5 Å². The Kier molecular flexibility index (Phi) is 11.0. The number of carbonyl (C=O) groups is 3. The average Bonchev–Trinajstić information content (AvgIpc) is 3.33. The largest absolute Gasteiger partial charge is 0.376 e. The van der Waals surface area contributed by atoms with E-state index in [9.17, 15) is 27.7 Å². The molecule has 0 saturated carbocycles. The number of amides is 3. The fraction of sp³-hybridized carbons (Fsp3) is 0.385. The predicted octanol–water partition coefficient (Wildman–Crippen LogP) is 2.89. The molecule has 222 valence electrons. The van der Waals surface area contributed by atoms with Crippen LogP contribution in [0.15, 0.2) is 36.4 Å². The molecule has 3 rings (SSSR count). The van der Waals surface area contributed by atoms with E-state index < -0.39 is 55.6 Å². The number of nitrogens with one attached hydrogen (secondary N) is 3. The molecule has 11 nitrogen and oxygen atoms in total. The molecule has 0 bridgehead atoms. The Morgan fingerprint density at radius 1 is 1.20 bits per heavy atom. The van der Waals surface area contributed by atoms with Gasteiger partial charge in [-0.1, -0.05) is 23.7 Å². The van der Waals surface area contributed by atoms with E-state index in [4.69, 9.17) is 31.8 Å². The van der Waals surface area contributed by atoms with Crippen molar-refractivity contribution >= 4 is 53.6 Å². The van der Waals surface area contributed by atoms with Gasteiger partial charge >= 0.3 is 7.60 Å². The van der Waals surface area contributed by atoms with E-state index in [-0.39, 0.29) is 59.9 Å². The number of rotatable bonds is 13. The zero-order valence-corrected chi connectivity index (χ0v) is 24.1. The van der Waals surface area contributed by atoms with Gasteiger partial charge in [0, 0.05) is 29.8 Å². The third-order valence-electron chi connectivity index (χ3n) is 6.22. The number of hydrogen-bond acceptors (Lipinski definition) is 8. The van der Waals surface area contributed by atoms with E-state index in [0.29, 0.717) is 0 Å². The average molecular weight is 614 g/mol. The Morgan fingerprint density at radius 2 is 1.88 bits per heavy atom. The molecule has 0 aromatic heterocycles. The molecule has 1 fully saturated rings. The maximum Gasteiger partial charge on any atom is 0.361 e. The van der Waals surface area contributed by atoms with E-state index in [1.807, 2.05) is 0 Å². The second-order valence-electron chi connectivity index (χ2n) is 8.98. The normalized spacial score (nSPS) is 16.9. The number of benzene rings is 2. The Balaban J connectivity index is 1.79. The van der Waals surface area contributed by atoms with Crippen molar-refractivity contribution in [3.8, 4) is 0 Å². The molecule has 5 N–H and O–H groups in total. The second-order valence-corrected chi connectivity index (χ2v) is 11.4. The Bertz CT molecular complexity index is 1370. The topological polar surface area (TPSA) is 164 Å². The van der Waals surface area contributed by atoms with Crippen LogP contribution in [0, 0.1) is 11.2 Å². The third-order valence-corrected chi connectivity index (χ3v) is 8.62. The highest BCUT2D eigenvalue weighted by molar-refractivity contribution is 7.62. The van der Waals surface area contributed by atoms with Crippen molar-refractivity contribution < 1.29 is 36.8 Å². The molecule has 1 aliphatic rings. The third kappa shape index (κ3) is 7.68. The van der Waals surface area contributed by atoms with E-state index in [1.54, 1.807) is 13.8 Å². The lowest BCUT2D eigenvalue weighted by Gasteiger charge is -2.24. The predicted molar refractivity (Wildman–Crippen MR) is 150 cm³/mol. The molecular weight excluding hydrogens is 583 g/mol. The van der Waals surface area contributed by atoms with Crippen LogP contribution in [0.4, 0.5) is 14.5 Å². The molecule has 1 saturated heterocycles. The summed E-state index contributed by atoms with van der Waals surface area (Å²) >= 11 is 5.77. The number of carbonyl (C=O) groups excluding carboxylic acids is 3. The minimum absolute atomic E-state index is 0.0104. The molecule has 1 heterocycles. The van der Waals surface area contributed by atoms with Gasteiger partial charge in [0.25, 0.3) is 5.91 Å². The van der Waals surface area contributed by atoms with Gasteiger partial charge in [-0.15, -0.1) is 0 Å². The molecule has 0 radical (unpaired) electrons. The maximum absolute atomic E-state index is 14.4. The summed E-state index contributed by atoms with van der Waals surface area (Å²) in [6.45, 7) is 2.37. The first kappa shape index (κ1) is 32.1. The van der Waals surface area contributed by atoms with Gasteiger partial charge in [-0.3, -0.25) is 24.4 Å². The van der Waals surface area contributed by atoms with Crippen molar-refractivity contribution in [2.75, 3.05) is 31.6 Å². The number of primary amides is 1. The van der Waals surface area contributed by atoms with Crippen molar-refractivity contribution in [3.05, 3.63) is 58.4 Å². The highest BCUT2D eigenvalue weighted by Crippen LogP contribution is 2.47. The van der Waals surface area contributed by atoms with Gasteiger partial charge in [0.1, 0.15) is 23.7 Å². The maximum atomic E-state index is 14.4. The summed E-state index contributed by atoms with van der Waals surface area (Å²) in [5.74, 6) is -3.08. The molecule has 0 unspecified atom stereocenters. The first-order valence-electron chi connectivity index (χ1n) is 12.7. The minimum atomic E-state index is -3.77. The van der Waals surface area contributed by atoms with Crippen LogP contribution in [0.3, 0.4) is 0 Å². The van der Waals surface area contributed by atoms with Gasteiger partial charge < -0.3 is 30.3 Å². The number of nitrogens with two attached hydrogens (primary N) is 1. The Morgan fingerprint density at radius 3 is 2.51 bits per heavy atom. The molecule has 2 aromatic carbocycles. The van der Waals surface area contributed by atoms with Crippen LogP contribution in [0.25, 0.3) is 0 Å². The first-order chi connectivity index (χ1) is 19.4. The monoisotopic (exact) mass is 613 g/mol. The van der Waals surface area contributed by atoms with Gasteiger partial charge in [0.05, 0.1) is 36.6 Å². The summed E-state index contributed by atoms with van der Waals surface area (Å²) in [6, 6.07) is 7.15. The number of halogens is 3. The van der Waals surface area contributed by atoms with Crippen molar-refractivity contribution in [1.29, 1.82) is 5.41 Å². The Hall–Kier alpha value is -3.38. The SMILES string of the molecule is CCOP(=O)(OCC)c1ccc(C(=N)C(N)=O)c(NCC(=O)N2C[C@H](F)C[C@H]2C(=O)NCc2cccc(Cl)c2F)c1. The fourth-order valence-corrected chi connectivity index (χ4v) is 6.08. The first-order valence-corrected chi connectivity index (χ1v) is 14.6. The van der Waals surface area contributed by atoms with Crippen LogP contribution < -0.4 is 21.7 Å². The quantitative estimate of drug-likeness (QED) is 0.199. The number of alkyl halides is 1. The highest BCUT2D eigenvalue weighted by Gasteiger charge is 2.39. The molecule has 0 spiro atoms. The van der Waals surface area contributed by atoms with Gasteiger partial charge in [-0.25, -0.2) is 8.78 Å². The van der Waals surface area contributed by atoms with Gasteiger partial charge in [-0.05, 0) is 38.1 Å². The summed E-state index contributed by atoms with van der Waals surface area (Å²) in [5, 5.41) is 13.3. The van der Waals surface area contributed by atoms with Crippen molar-refractivity contribution in [2.24, 2.45) is 5.73 Å². The molecule has 1 aliphatic heterocycles. The molecule has 15 heteroatoms. The van der Waals surface area contributed by atoms with Crippen LogP contribution in [0.5, 0.6) is 0 Å². The Labute approximate surface area is 240 Å². The van der Waals surface area contributed by atoms with E-state index in [2.05, 4.69) is 10.6 Å². The van der Waals surface area contributed by atoms with Gasteiger partial charge in [0.2, 0.25) is 11.8 Å². The van der Waals surface area contributed by atoms with Crippen LogP contribution >= 0.6 is 19.2 Å². The van der Waals surface area contributed by atoms with Crippen molar-refractivity contribution in [1.82, 2.24) is 10.2 Å². The number of likely N-dealkylation sites (tertiary alicyclic amines) is 1. The number of anilines is 1. The molecule has 2 aromatic rings. The van der Waals surface area contributed by atoms with E-state index in [1.165, 1.54) is 36.4 Å². The molecule has 3 amide bonds. The van der Waals surface area contributed by atoms with E-state index >= 15 is 0 Å². The summed E-state index contributed by atoms with van der Waals surface area (Å²) in [7, 11) is -3.77. The summed E-state index contributed by atoms with van der Waals surface area (Å²) in [5.41, 5.74) is 4.88. The lowest BCUT2D eigenvalue weighted by Crippen LogP contribution is -2.47. The molecule has 2 atom stereocenters. The fourth-order valence-electron chi connectivity index (χ4n) is 4.29. The second kappa shape index (κ2) is 14.0. The number of hydrogen-bond donors (Lipinski definition) is 4. The van der Waals surface area contributed by atoms with Crippen LogP contribution in [0.2, 0.25) is 5.02 Å². The number of nitrogens with zero attached hydrogens (tertiary/aromatic N) is 1. The molecule has 41 heavy (non-hydrogen) atoms.